The van der Waals surface area contributed by atoms with E-state index in [1.165, 1.54) is 16.8 Å². The van der Waals surface area contributed by atoms with E-state index in [0.717, 1.165) is 31.8 Å². The summed E-state index contributed by atoms with van der Waals surface area (Å²) in [7, 11) is 0. The van der Waals surface area contributed by atoms with Gasteiger partial charge in [0, 0.05) is 26.3 Å². The Morgan fingerprint density at radius 3 is 2.20 bits per heavy atom. The van der Waals surface area contributed by atoms with Crippen molar-refractivity contribution in [3.63, 3.8) is 0 Å². The number of hydrogen-bond donors (Lipinski definition) is 1. The first-order chi connectivity index (χ1) is 14.6. The van der Waals surface area contributed by atoms with Crippen molar-refractivity contribution < 1.29 is 9.59 Å². The van der Waals surface area contributed by atoms with Crippen LogP contribution in [-0.2, 0) is 16.1 Å². The number of hydrazine groups is 1. The van der Waals surface area contributed by atoms with Crippen LogP contribution in [-0.4, -0.2) is 27.1 Å². The molecule has 0 bridgehead atoms. The Balaban J connectivity index is 1.43. The molecule has 5 rings (SSSR count). The lowest BCUT2D eigenvalue weighted by atomic mass is 10.2. The lowest BCUT2D eigenvalue weighted by Crippen LogP contribution is -2.45. The maximum atomic E-state index is 13.0. The summed E-state index contributed by atoms with van der Waals surface area (Å²) in [5, 5.41) is 3.46. The van der Waals surface area contributed by atoms with Gasteiger partial charge in [-0.2, -0.15) is 0 Å². The number of rotatable bonds is 4. The van der Waals surface area contributed by atoms with Crippen LogP contribution >= 0.6 is 27.7 Å². The van der Waals surface area contributed by atoms with Crippen molar-refractivity contribution in [3.8, 4) is 0 Å². The quantitative estimate of drug-likeness (QED) is 0.454. The summed E-state index contributed by atoms with van der Waals surface area (Å²) in [6.45, 7) is 0.134. The van der Waals surface area contributed by atoms with Gasteiger partial charge in [-0.15, -0.1) is 11.8 Å². The standard InChI is InChI=1S/C23H18BrN3O2S/c24-16-11-9-15(10-12-16)23-27(22(29)14-30-23)25-21(28)13-26-19-7-3-1-5-17(19)18-6-2-4-8-20(18)26/h1-12,23H,13-14H2,(H,25,28). The average Bonchev–Trinajstić information content (AvgIpc) is 3.28. The number of thioether (sulfide) groups is 1. The number of carbonyl (C=O) groups excluding carboxylic acids is 2. The molecule has 1 aliphatic heterocycles. The Bertz CT molecular complexity index is 1220. The van der Waals surface area contributed by atoms with E-state index >= 15 is 0 Å². The number of amides is 2. The second-order valence-electron chi connectivity index (χ2n) is 7.13. The van der Waals surface area contributed by atoms with Crippen LogP contribution < -0.4 is 5.43 Å². The number of nitrogens with zero attached hydrogens (tertiary/aromatic N) is 2. The Morgan fingerprint density at radius 2 is 1.57 bits per heavy atom. The minimum atomic E-state index is -0.229. The topological polar surface area (TPSA) is 54.3 Å². The number of hydrogen-bond acceptors (Lipinski definition) is 3. The second kappa shape index (κ2) is 7.81. The van der Waals surface area contributed by atoms with Gasteiger partial charge in [0.15, 0.2) is 0 Å². The summed E-state index contributed by atoms with van der Waals surface area (Å²) in [5.74, 6) is 0.0269. The number of fused-ring (bicyclic) bond motifs is 3. The number of halogens is 1. The molecule has 5 nitrogen and oxygen atoms in total. The van der Waals surface area contributed by atoms with Crippen LogP contribution in [0.4, 0.5) is 0 Å². The summed E-state index contributed by atoms with van der Waals surface area (Å²) in [5.41, 5.74) is 5.83. The minimum absolute atomic E-state index is 0.0940. The molecule has 1 atom stereocenters. The molecule has 1 unspecified atom stereocenters. The van der Waals surface area contributed by atoms with Crippen LogP contribution in [0.15, 0.2) is 77.3 Å². The molecule has 150 valence electrons. The van der Waals surface area contributed by atoms with Gasteiger partial charge >= 0.3 is 0 Å². The molecule has 2 amide bonds. The number of para-hydroxylation sites is 2. The smallest absolute Gasteiger partial charge is 0.258 e. The maximum absolute atomic E-state index is 13.0. The minimum Gasteiger partial charge on any atom is -0.331 e. The SMILES string of the molecule is O=C(Cn1c2ccccc2c2ccccc21)NN1C(=O)CSC1c1ccc(Br)cc1. The Labute approximate surface area is 186 Å². The van der Waals surface area contributed by atoms with Crippen molar-refractivity contribution in [2.24, 2.45) is 0 Å². The zero-order valence-corrected chi connectivity index (χ0v) is 18.3. The molecule has 3 aromatic carbocycles. The van der Waals surface area contributed by atoms with Crippen molar-refractivity contribution in [1.29, 1.82) is 0 Å². The summed E-state index contributed by atoms with van der Waals surface area (Å²) in [4.78, 5) is 25.4. The average molecular weight is 480 g/mol. The molecular formula is C23H18BrN3O2S. The van der Waals surface area contributed by atoms with Crippen LogP contribution in [0.25, 0.3) is 21.8 Å². The fourth-order valence-electron chi connectivity index (χ4n) is 3.91. The van der Waals surface area contributed by atoms with Crippen LogP contribution in [0, 0.1) is 0 Å². The van der Waals surface area contributed by atoms with E-state index in [2.05, 4.69) is 33.5 Å². The Hall–Kier alpha value is -2.77. The first kappa shape index (κ1) is 19.2. The van der Waals surface area contributed by atoms with Crippen LogP contribution in [0.1, 0.15) is 10.9 Å². The van der Waals surface area contributed by atoms with Gasteiger partial charge in [-0.05, 0) is 29.8 Å². The number of aromatic nitrogens is 1. The first-order valence-corrected chi connectivity index (χ1v) is 11.4. The van der Waals surface area contributed by atoms with E-state index in [9.17, 15) is 9.59 Å². The number of benzene rings is 3. The predicted molar refractivity (Wildman–Crippen MR) is 124 cm³/mol. The number of carbonyl (C=O) groups is 2. The van der Waals surface area contributed by atoms with Gasteiger partial charge in [-0.1, -0.05) is 64.5 Å². The molecule has 0 aliphatic carbocycles. The van der Waals surface area contributed by atoms with Gasteiger partial charge in [0.05, 0.1) is 5.75 Å². The summed E-state index contributed by atoms with van der Waals surface area (Å²) in [6.07, 6.45) is 0. The second-order valence-corrected chi connectivity index (χ2v) is 9.12. The fourth-order valence-corrected chi connectivity index (χ4v) is 5.28. The third-order valence-corrected chi connectivity index (χ3v) is 6.99. The number of nitrogens with one attached hydrogen (secondary N) is 1. The molecule has 0 saturated carbocycles. The molecule has 4 aromatic rings. The highest BCUT2D eigenvalue weighted by Crippen LogP contribution is 2.37. The Morgan fingerprint density at radius 1 is 0.967 bits per heavy atom. The highest BCUT2D eigenvalue weighted by molar-refractivity contribution is 9.10. The van der Waals surface area contributed by atoms with Crippen molar-refractivity contribution in [3.05, 3.63) is 82.8 Å². The summed E-state index contributed by atoms with van der Waals surface area (Å²) >= 11 is 4.95. The van der Waals surface area contributed by atoms with E-state index < -0.39 is 0 Å². The molecule has 0 radical (unpaired) electrons. The van der Waals surface area contributed by atoms with E-state index in [-0.39, 0.29) is 23.7 Å². The molecule has 1 aliphatic rings. The predicted octanol–water partition coefficient (Wildman–Crippen LogP) is 4.86. The van der Waals surface area contributed by atoms with E-state index in [0.29, 0.717) is 5.75 Å². The zero-order valence-electron chi connectivity index (χ0n) is 15.9. The molecule has 1 saturated heterocycles. The van der Waals surface area contributed by atoms with Crippen LogP contribution in [0.2, 0.25) is 0 Å². The summed E-state index contributed by atoms with van der Waals surface area (Å²) in [6, 6.07) is 23.9. The maximum Gasteiger partial charge on any atom is 0.258 e. The molecule has 1 aromatic heterocycles. The van der Waals surface area contributed by atoms with E-state index in [1.807, 2.05) is 65.2 Å². The van der Waals surface area contributed by atoms with Crippen molar-refractivity contribution in [1.82, 2.24) is 15.0 Å². The molecule has 7 heteroatoms. The summed E-state index contributed by atoms with van der Waals surface area (Å²) < 4.78 is 2.98. The molecule has 0 spiro atoms. The first-order valence-electron chi connectivity index (χ1n) is 9.56. The van der Waals surface area contributed by atoms with Crippen molar-refractivity contribution in [2.75, 3.05) is 5.75 Å². The van der Waals surface area contributed by atoms with Gasteiger partial charge in [-0.25, -0.2) is 5.01 Å². The Kier molecular flexibility index (Phi) is 5.00. The monoisotopic (exact) mass is 479 g/mol. The highest BCUT2D eigenvalue weighted by atomic mass is 79.9. The fraction of sp³-hybridized carbons (Fsp3) is 0.130. The van der Waals surface area contributed by atoms with E-state index in [4.69, 9.17) is 0 Å². The van der Waals surface area contributed by atoms with Gasteiger partial charge < -0.3 is 4.57 Å². The van der Waals surface area contributed by atoms with E-state index in [1.54, 1.807) is 0 Å². The van der Waals surface area contributed by atoms with Gasteiger partial charge in [-0.3, -0.25) is 15.0 Å². The normalized spacial score (nSPS) is 16.5. The van der Waals surface area contributed by atoms with Crippen LogP contribution in [0.3, 0.4) is 0 Å². The lowest BCUT2D eigenvalue weighted by molar-refractivity contribution is -0.139. The largest absolute Gasteiger partial charge is 0.331 e. The molecule has 2 heterocycles. The third kappa shape index (κ3) is 3.38. The van der Waals surface area contributed by atoms with Gasteiger partial charge in [0.25, 0.3) is 11.8 Å². The molecule has 1 fully saturated rings. The molecule has 30 heavy (non-hydrogen) atoms. The highest BCUT2D eigenvalue weighted by Gasteiger charge is 2.34. The molecular weight excluding hydrogens is 462 g/mol. The third-order valence-electron chi connectivity index (χ3n) is 5.25. The lowest BCUT2D eigenvalue weighted by Gasteiger charge is -2.25. The van der Waals surface area contributed by atoms with Gasteiger partial charge in [0.1, 0.15) is 11.9 Å². The van der Waals surface area contributed by atoms with Crippen molar-refractivity contribution in [2.45, 2.75) is 11.9 Å². The van der Waals surface area contributed by atoms with Gasteiger partial charge in [0.2, 0.25) is 0 Å². The molecule has 1 N–H and O–H groups in total. The van der Waals surface area contributed by atoms with Crippen LogP contribution in [0.5, 0.6) is 0 Å². The van der Waals surface area contributed by atoms with Crippen molar-refractivity contribution >= 4 is 61.3 Å². The zero-order chi connectivity index (χ0) is 20.7.